The minimum Gasteiger partial charge on any atom is -0.457 e. The van der Waals surface area contributed by atoms with Crippen molar-refractivity contribution in [3.05, 3.63) is 80.4 Å². The fourth-order valence-electron chi connectivity index (χ4n) is 2.60. The number of non-ortho nitro benzene ring substituents is 1. The van der Waals surface area contributed by atoms with Gasteiger partial charge in [0.15, 0.2) is 4.34 Å². The van der Waals surface area contributed by atoms with E-state index in [4.69, 9.17) is 16.0 Å². The number of benzene rings is 2. The zero-order valence-electron chi connectivity index (χ0n) is 14.5. The van der Waals surface area contributed by atoms with Crippen LogP contribution in [0.25, 0.3) is 27.6 Å². The van der Waals surface area contributed by atoms with Crippen molar-refractivity contribution >= 4 is 56.7 Å². The van der Waals surface area contributed by atoms with Gasteiger partial charge in [-0.25, -0.2) is 4.98 Å². The van der Waals surface area contributed by atoms with Crippen molar-refractivity contribution in [1.82, 2.24) is 4.98 Å². The number of nitriles is 1. The van der Waals surface area contributed by atoms with Gasteiger partial charge in [-0.1, -0.05) is 23.7 Å². The summed E-state index contributed by atoms with van der Waals surface area (Å²) in [5, 5.41) is 20.5. The molecule has 29 heavy (non-hydrogen) atoms. The van der Waals surface area contributed by atoms with Crippen molar-refractivity contribution < 1.29 is 9.34 Å². The van der Waals surface area contributed by atoms with E-state index in [2.05, 4.69) is 11.1 Å². The van der Waals surface area contributed by atoms with Crippen molar-refractivity contribution in [3.8, 4) is 17.4 Å². The molecule has 0 saturated heterocycles. The van der Waals surface area contributed by atoms with Crippen LogP contribution in [0.4, 0.5) is 5.69 Å². The van der Waals surface area contributed by atoms with E-state index in [1.54, 1.807) is 18.2 Å². The van der Waals surface area contributed by atoms with Gasteiger partial charge in [0.05, 0.1) is 25.1 Å². The number of thioether (sulfide) groups is 1. The van der Waals surface area contributed by atoms with E-state index in [1.165, 1.54) is 41.3 Å². The van der Waals surface area contributed by atoms with Gasteiger partial charge in [-0.05, 0) is 42.1 Å². The van der Waals surface area contributed by atoms with Crippen LogP contribution in [0, 0.1) is 21.4 Å². The van der Waals surface area contributed by atoms with Gasteiger partial charge >= 0.3 is 0 Å². The number of nitro benzene ring substituents is 1. The summed E-state index contributed by atoms with van der Waals surface area (Å²) in [6.07, 6.45) is 1.62. The first-order valence-electron chi connectivity index (χ1n) is 8.23. The summed E-state index contributed by atoms with van der Waals surface area (Å²) in [6.45, 7) is 0. The number of allylic oxidation sites excluding steroid dienone is 1. The van der Waals surface area contributed by atoms with Gasteiger partial charge in [0.1, 0.15) is 17.6 Å². The monoisotopic (exact) mass is 439 g/mol. The van der Waals surface area contributed by atoms with Gasteiger partial charge in [-0.3, -0.25) is 10.1 Å². The summed E-state index contributed by atoms with van der Waals surface area (Å²) in [4.78, 5) is 15.3. The minimum absolute atomic E-state index is 0.0931. The zero-order chi connectivity index (χ0) is 20.4. The molecule has 0 unspecified atom stereocenters. The summed E-state index contributed by atoms with van der Waals surface area (Å²) in [7, 11) is 0. The molecule has 0 bridgehead atoms. The van der Waals surface area contributed by atoms with Gasteiger partial charge in [0, 0.05) is 23.8 Å². The molecular weight excluding hydrogens is 430 g/mol. The van der Waals surface area contributed by atoms with Gasteiger partial charge in [-0.2, -0.15) is 5.26 Å². The lowest BCUT2D eigenvalue weighted by Crippen LogP contribution is -1.88. The molecule has 0 spiro atoms. The van der Waals surface area contributed by atoms with Crippen molar-refractivity contribution in [2.75, 3.05) is 0 Å². The molecule has 0 N–H and O–H groups in total. The third kappa shape index (κ3) is 4.17. The molecule has 4 aromatic rings. The van der Waals surface area contributed by atoms with Crippen molar-refractivity contribution in [2.24, 2.45) is 0 Å². The number of halogens is 1. The van der Waals surface area contributed by atoms with Gasteiger partial charge < -0.3 is 4.42 Å². The van der Waals surface area contributed by atoms with Crippen LogP contribution in [-0.2, 0) is 0 Å². The molecule has 142 valence electrons. The average Bonchev–Trinajstić information content (AvgIpc) is 3.33. The Hall–Kier alpha value is -3.12. The Balaban J connectivity index is 1.58. The molecule has 9 heteroatoms. The minimum atomic E-state index is -0.510. The Labute approximate surface area is 178 Å². The number of furan rings is 1. The first-order valence-corrected chi connectivity index (χ1v) is 10.2. The molecule has 6 nitrogen and oxygen atoms in total. The third-order valence-electron chi connectivity index (χ3n) is 3.91. The highest BCUT2D eigenvalue weighted by Crippen LogP contribution is 2.36. The molecule has 0 atom stereocenters. The lowest BCUT2D eigenvalue weighted by Gasteiger charge is -2.00. The largest absolute Gasteiger partial charge is 0.457 e. The third-order valence-corrected chi connectivity index (χ3v) is 6.25. The number of fused-ring (bicyclic) bond motifs is 1. The molecule has 2 aromatic carbocycles. The summed E-state index contributed by atoms with van der Waals surface area (Å²) < 4.78 is 7.59. The Morgan fingerprint density at radius 1 is 1.28 bits per heavy atom. The molecule has 2 aromatic heterocycles. The summed E-state index contributed by atoms with van der Waals surface area (Å²) in [5.74, 6) is 0.929. The fourth-order valence-corrected chi connectivity index (χ4v) is 4.82. The molecule has 0 aliphatic heterocycles. The maximum Gasteiger partial charge on any atom is 0.270 e. The van der Waals surface area contributed by atoms with E-state index in [0.29, 0.717) is 22.0 Å². The normalized spacial score (nSPS) is 11.5. The smallest absolute Gasteiger partial charge is 0.270 e. The van der Waals surface area contributed by atoms with Gasteiger partial charge in [0.25, 0.3) is 5.69 Å². The Bertz CT molecular complexity index is 1270. The maximum absolute atomic E-state index is 10.8. The van der Waals surface area contributed by atoms with Crippen molar-refractivity contribution in [3.63, 3.8) is 0 Å². The first-order chi connectivity index (χ1) is 14.0. The molecular formula is C20H10ClN3O3S2. The number of nitro groups is 1. The lowest BCUT2D eigenvalue weighted by molar-refractivity contribution is -0.384. The van der Waals surface area contributed by atoms with E-state index in [0.717, 1.165) is 14.6 Å². The second kappa shape index (κ2) is 8.09. The fraction of sp³-hybridized carbons (Fsp3) is 0. The first kappa shape index (κ1) is 19.2. The molecule has 0 aliphatic carbocycles. The molecule has 4 rings (SSSR count). The highest BCUT2D eigenvalue weighted by molar-refractivity contribution is 8.05. The van der Waals surface area contributed by atoms with Crippen LogP contribution in [0.5, 0.6) is 0 Å². The Morgan fingerprint density at radius 2 is 2.10 bits per heavy atom. The predicted octanol–water partition coefficient (Wildman–Crippen LogP) is 6.77. The van der Waals surface area contributed by atoms with E-state index < -0.39 is 4.92 Å². The maximum atomic E-state index is 10.8. The average molecular weight is 440 g/mol. The van der Waals surface area contributed by atoms with E-state index >= 15 is 0 Å². The number of nitrogens with zero attached hydrogens (tertiary/aromatic N) is 3. The highest BCUT2D eigenvalue weighted by atomic mass is 35.5. The summed E-state index contributed by atoms with van der Waals surface area (Å²) in [6, 6.07) is 17.5. The molecule has 0 radical (unpaired) electrons. The standard InChI is InChI=1S/C20H10ClN3O3S2/c21-16-9-12(24(25)26)5-7-15(16)18-8-6-13(27-18)10-14(11-22)28-20-23-17-3-1-2-4-19(17)29-20/h1-10H. The topological polar surface area (TPSA) is 93.0 Å². The predicted molar refractivity (Wildman–Crippen MR) is 115 cm³/mol. The lowest BCUT2D eigenvalue weighted by atomic mass is 10.1. The second-order valence-electron chi connectivity index (χ2n) is 5.79. The van der Waals surface area contributed by atoms with Gasteiger partial charge in [-0.15, -0.1) is 11.3 Å². The number of para-hydroxylation sites is 1. The van der Waals surface area contributed by atoms with E-state index in [-0.39, 0.29) is 10.7 Å². The quantitative estimate of drug-likeness (QED) is 0.147. The van der Waals surface area contributed by atoms with Crippen LogP contribution in [0.2, 0.25) is 5.02 Å². The van der Waals surface area contributed by atoms with Crippen LogP contribution in [0.3, 0.4) is 0 Å². The molecule has 0 amide bonds. The number of aromatic nitrogens is 1. The zero-order valence-corrected chi connectivity index (χ0v) is 16.9. The van der Waals surface area contributed by atoms with Crippen LogP contribution < -0.4 is 0 Å². The second-order valence-corrected chi connectivity index (χ2v) is 8.52. The van der Waals surface area contributed by atoms with Crippen LogP contribution in [-0.4, -0.2) is 9.91 Å². The molecule has 0 fully saturated rings. The van der Waals surface area contributed by atoms with Crippen molar-refractivity contribution in [1.29, 1.82) is 5.26 Å². The highest BCUT2D eigenvalue weighted by Gasteiger charge is 2.14. The Morgan fingerprint density at radius 3 is 2.83 bits per heavy atom. The van der Waals surface area contributed by atoms with Crippen LogP contribution in [0.1, 0.15) is 5.76 Å². The Kier molecular flexibility index (Phi) is 5.36. The van der Waals surface area contributed by atoms with Crippen molar-refractivity contribution in [2.45, 2.75) is 4.34 Å². The van der Waals surface area contributed by atoms with Crippen LogP contribution in [0.15, 0.2) is 68.3 Å². The van der Waals surface area contributed by atoms with Gasteiger partial charge in [0.2, 0.25) is 0 Å². The molecule has 0 saturated carbocycles. The summed E-state index contributed by atoms with van der Waals surface area (Å²) >= 11 is 8.94. The number of hydrogen-bond acceptors (Lipinski definition) is 7. The summed E-state index contributed by atoms with van der Waals surface area (Å²) in [5.41, 5.74) is 1.34. The number of thiazole rings is 1. The van der Waals surface area contributed by atoms with E-state index in [1.807, 2.05) is 24.3 Å². The molecule has 2 heterocycles. The number of hydrogen-bond donors (Lipinski definition) is 0. The number of rotatable bonds is 5. The van der Waals surface area contributed by atoms with Crippen LogP contribution >= 0.6 is 34.7 Å². The van der Waals surface area contributed by atoms with E-state index in [9.17, 15) is 15.4 Å². The molecule has 0 aliphatic rings. The SMILES string of the molecule is N#CC(=Cc1ccc(-c2ccc([N+](=O)[O-])cc2Cl)o1)Sc1nc2ccccc2s1.